The molecule has 8 nitrogen and oxygen atoms in total. The fourth-order valence-electron chi connectivity index (χ4n) is 3.21. The first kappa shape index (κ1) is 21.7. The van der Waals surface area contributed by atoms with Crippen molar-refractivity contribution in [3.8, 4) is 10.4 Å². The van der Waals surface area contributed by atoms with Gasteiger partial charge >= 0.3 is 6.18 Å². The molecule has 1 saturated carbocycles. The van der Waals surface area contributed by atoms with Crippen LogP contribution >= 0.6 is 11.3 Å². The predicted octanol–water partition coefficient (Wildman–Crippen LogP) is 3.48. The SMILES string of the molecule is Cc1cc(Nc2nccc(C(F)(F)F)n2)cc(-c2cnc(C3(C(=O)NNC=O)CC3)s2)c1. The second-order valence-corrected chi connectivity index (χ2v) is 8.33. The summed E-state index contributed by atoms with van der Waals surface area (Å²) in [6.07, 6.45) is -0.234. The third-order valence-electron chi connectivity index (χ3n) is 4.91. The number of thiazole rings is 1. The van der Waals surface area contributed by atoms with Crippen molar-refractivity contribution in [2.24, 2.45) is 0 Å². The van der Waals surface area contributed by atoms with Crippen molar-refractivity contribution in [2.45, 2.75) is 31.4 Å². The van der Waals surface area contributed by atoms with E-state index in [1.165, 1.54) is 11.3 Å². The zero-order valence-corrected chi connectivity index (χ0v) is 17.5. The molecule has 12 heteroatoms. The molecule has 2 heterocycles. The summed E-state index contributed by atoms with van der Waals surface area (Å²) in [5.41, 5.74) is 4.88. The van der Waals surface area contributed by atoms with Crippen molar-refractivity contribution in [3.63, 3.8) is 0 Å². The molecule has 3 N–H and O–H groups in total. The van der Waals surface area contributed by atoms with Gasteiger partial charge < -0.3 is 5.32 Å². The number of benzene rings is 1. The van der Waals surface area contributed by atoms with E-state index in [9.17, 15) is 22.8 Å². The topological polar surface area (TPSA) is 109 Å². The van der Waals surface area contributed by atoms with Gasteiger partial charge in [-0.1, -0.05) is 6.07 Å². The highest BCUT2D eigenvalue weighted by Crippen LogP contribution is 2.50. The molecule has 1 aliphatic carbocycles. The number of alkyl halides is 3. The molecule has 1 fully saturated rings. The minimum absolute atomic E-state index is 0.169. The van der Waals surface area contributed by atoms with Crippen molar-refractivity contribution >= 4 is 35.3 Å². The Morgan fingerprint density at radius 2 is 2.00 bits per heavy atom. The van der Waals surface area contributed by atoms with Gasteiger partial charge in [0.15, 0.2) is 0 Å². The summed E-state index contributed by atoms with van der Waals surface area (Å²) in [7, 11) is 0. The van der Waals surface area contributed by atoms with Crippen LogP contribution in [0.5, 0.6) is 0 Å². The number of nitrogens with zero attached hydrogens (tertiary/aromatic N) is 3. The highest BCUT2D eigenvalue weighted by molar-refractivity contribution is 7.15. The Hall–Kier alpha value is -3.54. The van der Waals surface area contributed by atoms with Crippen molar-refractivity contribution in [1.82, 2.24) is 25.8 Å². The van der Waals surface area contributed by atoms with E-state index in [0.29, 0.717) is 29.9 Å². The third-order valence-corrected chi connectivity index (χ3v) is 6.16. The molecule has 2 amide bonds. The van der Waals surface area contributed by atoms with E-state index < -0.39 is 17.3 Å². The van der Waals surface area contributed by atoms with Crippen LogP contribution in [0.15, 0.2) is 36.7 Å². The lowest BCUT2D eigenvalue weighted by molar-refractivity contribution is -0.141. The van der Waals surface area contributed by atoms with Gasteiger partial charge in [-0.15, -0.1) is 11.3 Å². The molecule has 1 aromatic carbocycles. The molecular weight excluding hydrogens is 445 g/mol. The lowest BCUT2D eigenvalue weighted by atomic mass is 10.1. The van der Waals surface area contributed by atoms with Gasteiger partial charge in [0.2, 0.25) is 12.4 Å². The van der Waals surface area contributed by atoms with Gasteiger partial charge in [0.1, 0.15) is 16.1 Å². The number of nitrogens with one attached hydrogen (secondary N) is 3. The monoisotopic (exact) mass is 462 g/mol. The van der Waals surface area contributed by atoms with Gasteiger partial charge in [-0.25, -0.2) is 15.0 Å². The summed E-state index contributed by atoms with van der Waals surface area (Å²) in [5, 5.41) is 3.45. The maximum Gasteiger partial charge on any atom is 0.433 e. The van der Waals surface area contributed by atoms with Crippen molar-refractivity contribution < 1.29 is 22.8 Å². The van der Waals surface area contributed by atoms with E-state index in [1.807, 2.05) is 13.0 Å². The zero-order chi connectivity index (χ0) is 22.9. The first-order valence-electron chi connectivity index (χ1n) is 9.46. The van der Waals surface area contributed by atoms with E-state index >= 15 is 0 Å². The van der Waals surface area contributed by atoms with Crippen LogP contribution in [-0.4, -0.2) is 27.3 Å². The van der Waals surface area contributed by atoms with Gasteiger partial charge in [-0.3, -0.25) is 20.4 Å². The van der Waals surface area contributed by atoms with Gasteiger partial charge in [0.25, 0.3) is 5.91 Å². The summed E-state index contributed by atoms with van der Waals surface area (Å²) in [5.74, 6) is -0.489. The Morgan fingerprint density at radius 1 is 1.22 bits per heavy atom. The van der Waals surface area contributed by atoms with Gasteiger partial charge in [0.05, 0.1) is 4.88 Å². The van der Waals surface area contributed by atoms with Crippen molar-refractivity contribution in [3.05, 3.63) is 52.9 Å². The van der Waals surface area contributed by atoms with Crippen LogP contribution in [0, 0.1) is 6.92 Å². The largest absolute Gasteiger partial charge is 0.433 e. The van der Waals surface area contributed by atoms with Crippen LogP contribution in [0.3, 0.4) is 0 Å². The Balaban J connectivity index is 1.58. The van der Waals surface area contributed by atoms with Crippen LogP contribution in [0.25, 0.3) is 10.4 Å². The fraction of sp³-hybridized carbons (Fsp3) is 0.250. The molecule has 0 unspecified atom stereocenters. The van der Waals surface area contributed by atoms with Crippen molar-refractivity contribution in [1.29, 1.82) is 0 Å². The number of carbonyl (C=O) groups excluding carboxylic acids is 2. The van der Waals surface area contributed by atoms with Crippen LogP contribution in [-0.2, 0) is 21.2 Å². The average Bonchev–Trinajstić information content (AvgIpc) is 3.40. The molecule has 0 bridgehead atoms. The molecule has 0 atom stereocenters. The number of rotatable bonds is 7. The molecule has 3 aromatic rings. The third kappa shape index (κ3) is 4.40. The molecule has 2 aromatic heterocycles. The Morgan fingerprint density at radius 3 is 2.69 bits per heavy atom. The number of aromatic nitrogens is 3. The molecular formula is C20H17F3N6O2S. The summed E-state index contributed by atoms with van der Waals surface area (Å²) < 4.78 is 38.7. The number of amides is 2. The number of aryl methyl sites for hydroxylation is 1. The molecule has 166 valence electrons. The molecule has 4 rings (SSSR count). The molecule has 32 heavy (non-hydrogen) atoms. The minimum Gasteiger partial charge on any atom is -0.324 e. The molecule has 1 aliphatic rings. The van der Waals surface area contributed by atoms with Crippen LogP contribution in [0.1, 0.15) is 29.1 Å². The number of hydrogen-bond donors (Lipinski definition) is 3. The quantitative estimate of drug-likeness (QED) is 0.367. The van der Waals surface area contributed by atoms with E-state index in [4.69, 9.17) is 0 Å². The number of hydrazine groups is 1. The summed E-state index contributed by atoms with van der Waals surface area (Å²) in [6, 6.07) is 6.22. The number of hydrogen-bond acceptors (Lipinski definition) is 7. The Bertz CT molecular complexity index is 1180. The lowest BCUT2D eigenvalue weighted by Crippen LogP contribution is -2.42. The molecule has 0 spiro atoms. The highest BCUT2D eigenvalue weighted by Gasteiger charge is 2.54. The molecule has 0 saturated heterocycles. The standard InChI is InChI=1S/C20H17F3N6O2S/c1-11-6-12(8-13(7-11)27-18-24-5-2-15(28-18)20(21,22)23)14-9-25-17(32-14)19(3-4-19)16(31)29-26-10-30/h2,5-10H,3-4H2,1H3,(H,26,30)(H,29,31)(H,24,27,28). The van der Waals surface area contributed by atoms with E-state index in [1.54, 1.807) is 18.3 Å². The predicted molar refractivity (Wildman–Crippen MR) is 111 cm³/mol. The lowest BCUT2D eigenvalue weighted by Gasteiger charge is -2.11. The highest BCUT2D eigenvalue weighted by atomic mass is 32.1. The number of anilines is 2. The van der Waals surface area contributed by atoms with Crippen molar-refractivity contribution in [2.75, 3.05) is 5.32 Å². The van der Waals surface area contributed by atoms with Crippen LogP contribution in [0.4, 0.5) is 24.8 Å². The number of halogens is 3. The van der Waals surface area contributed by atoms with Crippen LogP contribution in [0.2, 0.25) is 0 Å². The molecule has 0 radical (unpaired) electrons. The first-order chi connectivity index (χ1) is 15.2. The van der Waals surface area contributed by atoms with E-state index in [0.717, 1.165) is 28.3 Å². The average molecular weight is 462 g/mol. The van der Waals surface area contributed by atoms with Gasteiger partial charge in [0, 0.05) is 18.1 Å². The first-order valence-corrected chi connectivity index (χ1v) is 10.3. The number of carbonyl (C=O) groups is 2. The Kier molecular flexibility index (Phi) is 5.55. The zero-order valence-electron chi connectivity index (χ0n) is 16.7. The summed E-state index contributed by atoms with van der Waals surface area (Å²) in [4.78, 5) is 35.4. The van der Waals surface area contributed by atoms with E-state index in [-0.39, 0.29) is 11.9 Å². The van der Waals surface area contributed by atoms with Gasteiger partial charge in [-0.05, 0) is 49.1 Å². The second-order valence-electron chi connectivity index (χ2n) is 7.30. The minimum atomic E-state index is -4.57. The van der Waals surface area contributed by atoms with Gasteiger partial charge in [-0.2, -0.15) is 13.2 Å². The van der Waals surface area contributed by atoms with Crippen LogP contribution < -0.4 is 16.2 Å². The maximum absolute atomic E-state index is 12.9. The fourth-order valence-corrected chi connectivity index (χ4v) is 4.36. The second kappa shape index (κ2) is 8.19. The normalized spacial score (nSPS) is 14.5. The summed E-state index contributed by atoms with van der Waals surface area (Å²) >= 11 is 1.35. The summed E-state index contributed by atoms with van der Waals surface area (Å²) in [6.45, 7) is 1.85. The maximum atomic E-state index is 12.9. The molecule has 0 aliphatic heterocycles. The van der Waals surface area contributed by atoms with E-state index in [2.05, 4.69) is 31.1 Å². The smallest absolute Gasteiger partial charge is 0.324 e. The Labute approximate surface area is 184 Å².